The van der Waals surface area contributed by atoms with Gasteiger partial charge in [-0.15, -0.1) is 0 Å². The van der Waals surface area contributed by atoms with Gasteiger partial charge in [0.15, 0.2) is 0 Å². The van der Waals surface area contributed by atoms with Crippen LogP contribution in [-0.4, -0.2) is 36.5 Å². The van der Waals surface area contributed by atoms with Crippen molar-refractivity contribution in [1.82, 2.24) is 4.90 Å². The molecule has 0 aliphatic carbocycles. The van der Waals surface area contributed by atoms with Gasteiger partial charge in [0.05, 0.1) is 6.61 Å². The minimum Gasteiger partial charge on any atom is -0.465 e. The first kappa shape index (κ1) is 17.5. The molecular formula is C15H21BrN2O3. The first-order chi connectivity index (χ1) is 9.90. The number of halogens is 1. The predicted octanol–water partition coefficient (Wildman–Crippen LogP) is 2.76. The van der Waals surface area contributed by atoms with Crippen molar-refractivity contribution in [3.8, 4) is 0 Å². The molecule has 0 saturated carbocycles. The fourth-order valence-corrected chi connectivity index (χ4v) is 2.45. The lowest BCUT2D eigenvalue weighted by atomic mass is 10.1. The van der Waals surface area contributed by atoms with Gasteiger partial charge in [-0.05, 0) is 38.0 Å². The van der Waals surface area contributed by atoms with Crippen molar-refractivity contribution in [2.75, 3.05) is 25.4 Å². The van der Waals surface area contributed by atoms with Crippen LogP contribution in [0.25, 0.3) is 0 Å². The Bertz CT molecular complexity index is 532. The van der Waals surface area contributed by atoms with E-state index in [0.29, 0.717) is 30.0 Å². The molecule has 0 aromatic heterocycles. The fraction of sp³-hybridized carbons (Fsp3) is 0.467. The van der Waals surface area contributed by atoms with Crippen molar-refractivity contribution in [2.45, 2.75) is 27.2 Å². The molecule has 21 heavy (non-hydrogen) atoms. The zero-order chi connectivity index (χ0) is 16.0. The Labute approximate surface area is 133 Å². The van der Waals surface area contributed by atoms with Gasteiger partial charge in [-0.3, -0.25) is 9.59 Å². The molecule has 1 rings (SSSR count). The lowest BCUT2D eigenvalue weighted by Crippen LogP contribution is -2.37. The Kier molecular flexibility index (Phi) is 6.68. The molecule has 0 heterocycles. The van der Waals surface area contributed by atoms with Crippen LogP contribution in [0, 0.1) is 6.92 Å². The molecule has 5 nitrogen and oxygen atoms in total. The van der Waals surface area contributed by atoms with Crippen LogP contribution >= 0.6 is 15.9 Å². The van der Waals surface area contributed by atoms with Gasteiger partial charge in [0.1, 0.15) is 6.54 Å². The molecular weight excluding hydrogens is 336 g/mol. The van der Waals surface area contributed by atoms with Crippen molar-refractivity contribution in [2.24, 2.45) is 0 Å². The highest BCUT2D eigenvalue weighted by molar-refractivity contribution is 9.10. The Balaban J connectivity index is 3.03. The lowest BCUT2D eigenvalue weighted by molar-refractivity contribution is -0.143. The second-order valence-corrected chi connectivity index (χ2v) is 5.61. The zero-order valence-corrected chi connectivity index (χ0v) is 14.2. The molecule has 116 valence electrons. The molecule has 1 aromatic carbocycles. The van der Waals surface area contributed by atoms with E-state index in [1.54, 1.807) is 26.0 Å². The normalized spacial score (nSPS) is 10.3. The van der Waals surface area contributed by atoms with E-state index in [-0.39, 0.29) is 12.5 Å². The molecule has 1 amide bonds. The topological polar surface area (TPSA) is 72.6 Å². The van der Waals surface area contributed by atoms with Gasteiger partial charge < -0.3 is 15.4 Å². The number of carbonyl (C=O) groups is 2. The number of benzene rings is 1. The summed E-state index contributed by atoms with van der Waals surface area (Å²) in [6.45, 7) is 6.23. The monoisotopic (exact) mass is 356 g/mol. The molecule has 1 aromatic rings. The summed E-state index contributed by atoms with van der Waals surface area (Å²) >= 11 is 3.34. The van der Waals surface area contributed by atoms with Crippen molar-refractivity contribution >= 4 is 33.5 Å². The maximum atomic E-state index is 12.6. The Hall–Kier alpha value is -1.56. The van der Waals surface area contributed by atoms with E-state index >= 15 is 0 Å². The number of ether oxygens (including phenoxy) is 1. The minimum absolute atomic E-state index is 0.0492. The summed E-state index contributed by atoms with van der Waals surface area (Å²) in [4.78, 5) is 25.8. The first-order valence-electron chi connectivity index (χ1n) is 6.91. The number of nitrogens with two attached hydrogens (primary N) is 1. The van der Waals surface area contributed by atoms with E-state index in [9.17, 15) is 9.59 Å². The highest BCUT2D eigenvalue weighted by Crippen LogP contribution is 2.24. The summed E-state index contributed by atoms with van der Waals surface area (Å²) in [6, 6.07) is 3.48. The average molecular weight is 357 g/mol. The molecule has 0 fully saturated rings. The number of amides is 1. The number of anilines is 1. The van der Waals surface area contributed by atoms with Crippen LogP contribution in [0.5, 0.6) is 0 Å². The molecule has 0 radical (unpaired) electrons. The molecule has 0 bridgehead atoms. The van der Waals surface area contributed by atoms with E-state index in [4.69, 9.17) is 10.5 Å². The second kappa shape index (κ2) is 8.02. The van der Waals surface area contributed by atoms with Crippen molar-refractivity contribution in [3.63, 3.8) is 0 Å². The van der Waals surface area contributed by atoms with Crippen LogP contribution in [0.2, 0.25) is 0 Å². The lowest BCUT2D eigenvalue weighted by Gasteiger charge is -2.22. The summed E-state index contributed by atoms with van der Waals surface area (Å²) in [7, 11) is 0. The quantitative estimate of drug-likeness (QED) is 0.628. The number of nitrogens with zero attached hydrogens (tertiary/aromatic N) is 1. The van der Waals surface area contributed by atoms with Gasteiger partial charge in [-0.2, -0.15) is 0 Å². The number of nitrogen functional groups attached to an aromatic ring is 1. The minimum atomic E-state index is -0.403. The van der Waals surface area contributed by atoms with E-state index in [1.807, 2.05) is 6.92 Å². The molecule has 2 N–H and O–H groups in total. The SMILES string of the molecule is CCCN(CC(=O)OCC)C(=O)c1cc(Br)cc(N)c1C. The molecule has 0 saturated heterocycles. The van der Waals surface area contributed by atoms with Crippen LogP contribution in [0.15, 0.2) is 16.6 Å². The van der Waals surface area contributed by atoms with Crippen molar-refractivity contribution in [3.05, 3.63) is 27.7 Å². The molecule has 0 aliphatic rings. The van der Waals surface area contributed by atoms with Crippen LogP contribution in [0.1, 0.15) is 36.2 Å². The molecule has 0 aliphatic heterocycles. The van der Waals surface area contributed by atoms with Crippen molar-refractivity contribution < 1.29 is 14.3 Å². The third kappa shape index (κ3) is 4.74. The molecule has 0 atom stereocenters. The van der Waals surface area contributed by atoms with Crippen molar-refractivity contribution in [1.29, 1.82) is 0 Å². The maximum absolute atomic E-state index is 12.6. The van der Waals surface area contributed by atoms with Crippen LogP contribution in [-0.2, 0) is 9.53 Å². The summed E-state index contributed by atoms with van der Waals surface area (Å²) in [5.74, 6) is -0.615. The van der Waals surface area contributed by atoms with Gasteiger partial charge in [0.25, 0.3) is 5.91 Å². The maximum Gasteiger partial charge on any atom is 0.325 e. The molecule has 0 unspecified atom stereocenters. The Morgan fingerprint density at radius 2 is 2.00 bits per heavy atom. The molecule has 6 heteroatoms. The summed E-state index contributed by atoms with van der Waals surface area (Å²) in [6.07, 6.45) is 0.758. The van der Waals surface area contributed by atoms with Gasteiger partial charge in [-0.25, -0.2) is 0 Å². The largest absolute Gasteiger partial charge is 0.465 e. The summed E-state index contributed by atoms with van der Waals surface area (Å²) in [5, 5.41) is 0. The Morgan fingerprint density at radius 3 is 2.57 bits per heavy atom. The standard InChI is InChI=1S/C15H21BrN2O3/c1-4-6-18(9-14(19)21-5-2)15(20)12-7-11(16)8-13(17)10(12)3/h7-8H,4-6,9,17H2,1-3H3. The van der Waals surface area contributed by atoms with Crippen LogP contribution in [0.3, 0.4) is 0 Å². The average Bonchev–Trinajstić information content (AvgIpc) is 2.42. The third-order valence-electron chi connectivity index (χ3n) is 3.05. The fourth-order valence-electron chi connectivity index (χ4n) is 1.98. The van der Waals surface area contributed by atoms with Gasteiger partial charge in [0, 0.05) is 22.3 Å². The Morgan fingerprint density at radius 1 is 1.33 bits per heavy atom. The predicted molar refractivity (Wildman–Crippen MR) is 86.1 cm³/mol. The smallest absolute Gasteiger partial charge is 0.325 e. The third-order valence-corrected chi connectivity index (χ3v) is 3.51. The number of esters is 1. The number of rotatable bonds is 6. The molecule has 0 spiro atoms. The first-order valence-corrected chi connectivity index (χ1v) is 7.70. The highest BCUT2D eigenvalue weighted by atomic mass is 79.9. The zero-order valence-electron chi connectivity index (χ0n) is 12.6. The van der Waals surface area contributed by atoms with E-state index < -0.39 is 5.97 Å². The van der Waals surface area contributed by atoms with Crippen LogP contribution in [0.4, 0.5) is 5.69 Å². The highest BCUT2D eigenvalue weighted by Gasteiger charge is 2.21. The number of hydrogen-bond acceptors (Lipinski definition) is 4. The summed E-state index contributed by atoms with van der Waals surface area (Å²) < 4.78 is 5.65. The van der Waals surface area contributed by atoms with Gasteiger partial charge in [0.2, 0.25) is 0 Å². The summed E-state index contributed by atoms with van der Waals surface area (Å²) in [5.41, 5.74) is 7.65. The number of carbonyl (C=O) groups excluding carboxylic acids is 2. The second-order valence-electron chi connectivity index (χ2n) is 4.70. The number of hydrogen-bond donors (Lipinski definition) is 1. The van der Waals surface area contributed by atoms with Crippen LogP contribution < -0.4 is 5.73 Å². The van der Waals surface area contributed by atoms with Gasteiger partial charge in [-0.1, -0.05) is 22.9 Å². The van der Waals surface area contributed by atoms with E-state index in [1.165, 1.54) is 4.90 Å². The van der Waals surface area contributed by atoms with Gasteiger partial charge >= 0.3 is 5.97 Å². The van der Waals surface area contributed by atoms with E-state index in [0.717, 1.165) is 10.9 Å². The van der Waals surface area contributed by atoms with E-state index in [2.05, 4.69) is 15.9 Å².